The molecule has 0 unspecified atom stereocenters. The molecule has 0 atom stereocenters. The summed E-state index contributed by atoms with van der Waals surface area (Å²) in [5.41, 5.74) is 8.17. The number of nitrogen functional groups attached to an aromatic ring is 1. The van der Waals surface area contributed by atoms with Crippen molar-refractivity contribution < 1.29 is 9.53 Å². The fourth-order valence-electron chi connectivity index (χ4n) is 2.70. The van der Waals surface area contributed by atoms with Crippen LogP contribution >= 0.6 is 0 Å². The van der Waals surface area contributed by atoms with E-state index in [0.717, 1.165) is 24.1 Å². The number of carbonyl (C=O) groups is 1. The fraction of sp³-hybridized carbons (Fsp3) is 0.600. The van der Waals surface area contributed by atoms with Gasteiger partial charge >= 0.3 is 5.97 Å². The van der Waals surface area contributed by atoms with E-state index in [1.165, 1.54) is 19.3 Å². The maximum absolute atomic E-state index is 12.1. The molecule has 2 N–H and O–H groups in total. The summed E-state index contributed by atoms with van der Waals surface area (Å²) in [6, 6.07) is 1.82. The number of nitrogens with zero attached hydrogens (tertiary/aromatic N) is 1. The minimum atomic E-state index is -0.279. The summed E-state index contributed by atoms with van der Waals surface area (Å²) in [6.07, 6.45) is 5.83. The molecule has 4 nitrogen and oxygen atoms in total. The van der Waals surface area contributed by atoms with E-state index in [4.69, 9.17) is 10.5 Å². The number of aromatic nitrogens is 1. The number of ether oxygens (including phenoxy) is 1. The highest BCUT2D eigenvalue weighted by Gasteiger charge is 2.24. The van der Waals surface area contributed by atoms with Gasteiger partial charge in [0, 0.05) is 5.92 Å². The van der Waals surface area contributed by atoms with E-state index in [1.807, 2.05) is 19.9 Å². The second-order valence-corrected chi connectivity index (χ2v) is 5.18. The van der Waals surface area contributed by atoms with Crippen LogP contribution in [-0.4, -0.2) is 17.6 Å². The molecule has 0 bridgehead atoms. The van der Waals surface area contributed by atoms with E-state index in [1.54, 1.807) is 0 Å². The quantitative estimate of drug-likeness (QED) is 0.849. The number of esters is 1. The highest BCUT2D eigenvalue weighted by atomic mass is 16.5. The molecule has 1 aliphatic rings. The molecule has 1 saturated carbocycles. The number of nitrogens with two attached hydrogens (primary N) is 1. The van der Waals surface area contributed by atoms with E-state index in [2.05, 4.69) is 4.98 Å². The van der Waals surface area contributed by atoms with Gasteiger partial charge in [-0.2, -0.15) is 0 Å². The molecule has 0 aliphatic heterocycles. The molecule has 0 radical (unpaired) electrons. The van der Waals surface area contributed by atoms with Crippen LogP contribution in [0, 0.1) is 6.92 Å². The van der Waals surface area contributed by atoms with Crippen LogP contribution < -0.4 is 5.73 Å². The largest absolute Gasteiger partial charge is 0.462 e. The van der Waals surface area contributed by atoms with E-state index in [-0.39, 0.29) is 5.97 Å². The zero-order valence-electron chi connectivity index (χ0n) is 11.7. The number of aryl methyl sites for hydroxylation is 1. The Bertz CT molecular complexity index is 465. The van der Waals surface area contributed by atoms with Crippen LogP contribution in [0.2, 0.25) is 0 Å². The predicted molar refractivity (Wildman–Crippen MR) is 75.2 cm³/mol. The van der Waals surface area contributed by atoms with Gasteiger partial charge in [0.2, 0.25) is 0 Å². The van der Waals surface area contributed by atoms with Crippen molar-refractivity contribution in [2.24, 2.45) is 0 Å². The van der Waals surface area contributed by atoms with Gasteiger partial charge < -0.3 is 10.5 Å². The molecule has 0 amide bonds. The van der Waals surface area contributed by atoms with Crippen molar-refractivity contribution in [3.05, 3.63) is 22.9 Å². The minimum Gasteiger partial charge on any atom is -0.462 e. The van der Waals surface area contributed by atoms with Gasteiger partial charge in [-0.3, -0.25) is 0 Å². The minimum absolute atomic E-state index is 0.279. The molecule has 104 valence electrons. The lowest BCUT2D eigenvalue weighted by Gasteiger charge is -2.23. The van der Waals surface area contributed by atoms with Crippen LogP contribution in [0.25, 0.3) is 0 Å². The molecule has 0 spiro atoms. The summed E-state index contributed by atoms with van der Waals surface area (Å²) in [4.78, 5) is 16.5. The lowest BCUT2D eigenvalue weighted by atomic mass is 9.84. The van der Waals surface area contributed by atoms with Crippen molar-refractivity contribution >= 4 is 11.8 Å². The zero-order chi connectivity index (χ0) is 13.8. The van der Waals surface area contributed by atoms with Crippen LogP contribution in [0.15, 0.2) is 6.07 Å². The summed E-state index contributed by atoms with van der Waals surface area (Å²) < 4.78 is 5.13. The number of hydrogen-bond acceptors (Lipinski definition) is 4. The highest BCUT2D eigenvalue weighted by molar-refractivity contribution is 5.91. The third kappa shape index (κ3) is 3.06. The normalized spacial score (nSPS) is 16.3. The Morgan fingerprint density at radius 3 is 2.74 bits per heavy atom. The summed E-state index contributed by atoms with van der Waals surface area (Å²) in [7, 11) is 0. The SMILES string of the molecule is CCOC(=O)c1cc(C)c(N)nc1C1CCCCC1. The smallest absolute Gasteiger partial charge is 0.340 e. The maximum Gasteiger partial charge on any atom is 0.340 e. The monoisotopic (exact) mass is 262 g/mol. The molecule has 2 rings (SSSR count). The lowest BCUT2D eigenvalue weighted by molar-refractivity contribution is 0.0523. The van der Waals surface area contributed by atoms with Crippen molar-refractivity contribution in [3.8, 4) is 0 Å². The van der Waals surface area contributed by atoms with Gasteiger partial charge in [0.15, 0.2) is 0 Å². The standard InChI is InChI=1S/C15H22N2O2/c1-3-19-15(18)12-9-10(2)14(16)17-13(12)11-7-5-4-6-8-11/h9,11H,3-8H2,1-2H3,(H2,16,17). The third-order valence-electron chi connectivity index (χ3n) is 3.77. The van der Waals surface area contributed by atoms with Crippen molar-refractivity contribution in [2.75, 3.05) is 12.3 Å². The van der Waals surface area contributed by atoms with Gasteiger partial charge in [-0.1, -0.05) is 19.3 Å². The maximum atomic E-state index is 12.1. The summed E-state index contributed by atoms with van der Waals surface area (Å²) in [5.74, 6) is 0.586. The Balaban J connectivity index is 2.38. The first kappa shape index (κ1) is 13.8. The van der Waals surface area contributed by atoms with Crippen molar-refractivity contribution in [2.45, 2.75) is 51.9 Å². The number of carbonyl (C=O) groups excluding carboxylic acids is 1. The van der Waals surface area contributed by atoms with Crippen LogP contribution in [0.1, 0.15) is 66.6 Å². The molecule has 0 aromatic carbocycles. The van der Waals surface area contributed by atoms with Crippen LogP contribution in [0.5, 0.6) is 0 Å². The van der Waals surface area contributed by atoms with Crippen molar-refractivity contribution in [3.63, 3.8) is 0 Å². The summed E-state index contributed by atoms with van der Waals surface area (Å²) >= 11 is 0. The summed E-state index contributed by atoms with van der Waals surface area (Å²) in [5, 5.41) is 0. The van der Waals surface area contributed by atoms with Crippen LogP contribution in [-0.2, 0) is 4.74 Å². The zero-order valence-corrected chi connectivity index (χ0v) is 11.7. The third-order valence-corrected chi connectivity index (χ3v) is 3.77. The van der Waals surface area contributed by atoms with Crippen molar-refractivity contribution in [1.82, 2.24) is 4.98 Å². The Labute approximate surface area is 114 Å². The van der Waals surface area contributed by atoms with Gasteiger partial charge in [-0.25, -0.2) is 9.78 Å². The molecule has 1 aromatic rings. The molecule has 19 heavy (non-hydrogen) atoms. The molecule has 1 aromatic heterocycles. The number of rotatable bonds is 3. The first-order valence-electron chi connectivity index (χ1n) is 7.07. The van der Waals surface area contributed by atoms with Crippen LogP contribution in [0.3, 0.4) is 0 Å². The Kier molecular flexibility index (Phi) is 4.40. The van der Waals surface area contributed by atoms with Crippen molar-refractivity contribution in [1.29, 1.82) is 0 Å². The Morgan fingerprint density at radius 1 is 1.42 bits per heavy atom. The molecular formula is C15H22N2O2. The van der Waals surface area contributed by atoms with E-state index in [9.17, 15) is 4.79 Å². The number of hydrogen-bond donors (Lipinski definition) is 1. The van der Waals surface area contributed by atoms with E-state index >= 15 is 0 Å². The molecule has 0 saturated heterocycles. The lowest BCUT2D eigenvalue weighted by Crippen LogP contribution is -2.16. The Morgan fingerprint density at radius 2 is 2.11 bits per heavy atom. The average molecular weight is 262 g/mol. The second kappa shape index (κ2) is 6.04. The first-order valence-corrected chi connectivity index (χ1v) is 7.07. The number of anilines is 1. The molecule has 1 heterocycles. The van der Waals surface area contributed by atoms with Gasteiger partial charge in [0.05, 0.1) is 17.9 Å². The number of pyridine rings is 1. The fourth-order valence-corrected chi connectivity index (χ4v) is 2.70. The highest BCUT2D eigenvalue weighted by Crippen LogP contribution is 2.34. The van der Waals surface area contributed by atoms with Gasteiger partial charge in [-0.05, 0) is 38.3 Å². The van der Waals surface area contributed by atoms with E-state index in [0.29, 0.717) is 23.9 Å². The van der Waals surface area contributed by atoms with Gasteiger partial charge in [-0.15, -0.1) is 0 Å². The topological polar surface area (TPSA) is 65.2 Å². The molecule has 1 aliphatic carbocycles. The van der Waals surface area contributed by atoms with E-state index < -0.39 is 0 Å². The summed E-state index contributed by atoms with van der Waals surface area (Å²) in [6.45, 7) is 4.07. The average Bonchev–Trinajstić information content (AvgIpc) is 2.42. The first-order chi connectivity index (χ1) is 9.13. The molecule has 1 fully saturated rings. The Hall–Kier alpha value is -1.58. The van der Waals surface area contributed by atoms with Gasteiger partial charge in [0.25, 0.3) is 0 Å². The van der Waals surface area contributed by atoms with Gasteiger partial charge in [0.1, 0.15) is 5.82 Å². The predicted octanol–water partition coefficient (Wildman–Crippen LogP) is 3.20. The van der Waals surface area contributed by atoms with Crippen LogP contribution in [0.4, 0.5) is 5.82 Å². The molecular weight excluding hydrogens is 240 g/mol. The molecule has 4 heteroatoms. The second-order valence-electron chi connectivity index (χ2n) is 5.18.